The van der Waals surface area contributed by atoms with Crippen LogP contribution in [0.25, 0.3) is 0 Å². The summed E-state index contributed by atoms with van der Waals surface area (Å²) in [5.41, 5.74) is 1.28. The van der Waals surface area contributed by atoms with Crippen molar-refractivity contribution in [2.24, 2.45) is 0 Å². The van der Waals surface area contributed by atoms with E-state index in [1.54, 1.807) is 0 Å². The van der Waals surface area contributed by atoms with E-state index in [0.717, 1.165) is 6.42 Å². The van der Waals surface area contributed by atoms with Gasteiger partial charge in [-0.1, -0.05) is 64.2 Å². The van der Waals surface area contributed by atoms with E-state index in [2.05, 4.69) is 63.1 Å². The summed E-state index contributed by atoms with van der Waals surface area (Å²) in [5, 5.41) is 9.86. The van der Waals surface area contributed by atoms with Crippen LogP contribution >= 0.6 is 0 Å². The summed E-state index contributed by atoms with van der Waals surface area (Å²) < 4.78 is 0. The Morgan fingerprint density at radius 1 is 1.17 bits per heavy atom. The third kappa shape index (κ3) is 4.23. The zero-order valence-corrected chi connectivity index (χ0v) is 13.3. The van der Waals surface area contributed by atoms with Gasteiger partial charge in [0, 0.05) is 6.04 Å². The highest BCUT2D eigenvalue weighted by Gasteiger charge is 2.36. The van der Waals surface area contributed by atoms with Crippen molar-refractivity contribution in [3.8, 4) is 0 Å². The second kappa shape index (κ2) is 6.00. The van der Waals surface area contributed by atoms with Crippen LogP contribution in [-0.4, -0.2) is 26.0 Å². The molecule has 0 bridgehead atoms. The van der Waals surface area contributed by atoms with E-state index in [4.69, 9.17) is 0 Å². The van der Waals surface area contributed by atoms with Crippen LogP contribution in [0.3, 0.4) is 0 Å². The van der Waals surface area contributed by atoms with E-state index in [1.165, 1.54) is 5.56 Å². The summed E-state index contributed by atoms with van der Waals surface area (Å²) >= 11 is 0. The number of hydrogen-bond donors (Lipinski definition) is 2. The SMILES string of the molecule is CC(C)(C)[Si](C)(C)NC(CO)Cc1ccccc1. The van der Waals surface area contributed by atoms with Crippen LogP contribution in [0.4, 0.5) is 0 Å². The molecule has 3 heteroatoms. The van der Waals surface area contributed by atoms with Crippen molar-refractivity contribution >= 4 is 8.24 Å². The van der Waals surface area contributed by atoms with Crippen LogP contribution in [0.2, 0.25) is 18.1 Å². The van der Waals surface area contributed by atoms with Crippen LogP contribution in [0, 0.1) is 0 Å². The maximum atomic E-state index is 9.58. The zero-order valence-electron chi connectivity index (χ0n) is 12.3. The number of aliphatic hydroxyl groups is 1. The van der Waals surface area contributed by atoms with Gasteiger partial charge in [-0.05, 0) is 17.0 Å². The van der Waals surface area contributed by atoms with Crippen molar-refractivity contribution in [3.63, 3.8) is 0 Å². The van der Waals surface area contributed by atoms with Crippen LogP contribution in [0.5, 0.6) is 0 Å². The molecule has 2 nitrogen and oxygen atoms in total. The van der Waals surface area contributed by atoms with Gasteiger partial charge >= 0.3 is 0 Å². The summed E-state index contributed by atoms with van der Waals surface area (Å²) in [6.45, 7) is 11.7. The average molecular weight is 265 g/mol. The van der Waals surface area contributed by atoms with Gasteiger partial charge in [-0.2, -0.15) is 0 Å². The first-order valence-electron chi connectivity index (χ1n) is 6.69. The summed E-state index contributed by atoms with van der Waals surface area (Å²) in [4.78, 5) is 3.72. The molecule has 0 heterocycles. The van der Waals surface area contributed by atoms with E-state index in [-0.39, 0.29) is 17.7 Å². The standard InChI is InChI=1S/C15H27NOSi/c1-15(2,3)18(4,5)16-14(12-17)11-13-9-7-6-8-10-13/h6-10,14,16-17H,11-12H2,1-5H3. The molecule has 0 fully saturated rings. The van der Waals surface area contributed by atoms with Crippen molar-refractivity contribution in [1.29, 1.82) is 0 Å². The largest absolute Gasteiger partial charge is 0.395 e. The van der Waals surface area contributed by atoms with Gasteiger partial charge in [0.2, 0.25) is 0 Å². The summed E-state index contributed by atoms with van der Waals surface area (Å²) in [5.74, 6) is 0. The normalized spacial score (nSPS) is 14.6. The highest BCUT2D eigenvalue weighted by molar-refractivity contribution is 6.77. The van der Waals surface area contributed by atoms with Crippen LogP contribution in [0.15, 0.2) is 30.3 Å². The van der Waals surface area contributed by atoms with Crippen molar-refractivity contribution in [2.45, 2.75) is 51.4 Å². The van der Waals surface area contributed by atoms with Gasteiger partial charge in [0.1, 0.15) is 8.24 Å². The molecule has 0 saturated heterocycles. The molecule has 0 amide bonds. The second-order valence-corrected chi connectivity index (χ2v) is 11.6. The monoisotopic (exact) mass is 265 g/mol. The molecule has 0 aliphatic heterocycles. The molecule has 1 rings (SSSR count). The first kappa shape index (κ1) is 15.4. The maximum absolute atomic E-state index is 9.58. The van der Waals surface area contributed by atoms with E-state index < -0.39 is 8.24 Å². The Hall–Kier alpha value is -0.643. The van der Waals surface area contributed by atoms with E-state index in [0.29, 0.717) is 0 Å². The van der Waals surface area contributed by atoms with Gasteiger partial charge in [0.25, 0.3) is 0 Å². The van der Waals surface area contributed by atoms with Crippen LogP contribution in [-0.2, 0) is 6.42 Å². The van der Waals surface area contributed by atoms with E-state index >= 15 is 0 Å². The molecule has 0 saturated carbocycles. The highest BCUT2D eigenvalue weighted by atomic mass is 28.3. The van der Waals surface area contributed by atoms with Gasteiger partial charge in [0.15, 0.2) is 0 Å². The molecular weight excluding hydrogens is 238 g/mol. The van der Waals surface area contributed by atoms with Crippen molar-refractivity contribution in [2.75, 3.05) is 6.61 Å². The molecule has 1 atom stereocenters. The molecule has 0 aromatic heterocycles. The first-order chi connectivity index (χ1) is 8.26. The molecule has 2 N–H and O–H groups in total. The lowest BCUT2D eigenvalue weighted by atomic mass is 10.1. The smallest absolute Gasteiger partial charge is 0.125 e. The molecule has 1 unspecified atom stereocenters. The Morgan fingerprint density at radius 2 is 1.72 bits per heavy atom. The molecule has 0 radical (unpaired) electrons. The predicted molar refractivity (Wildman–Crippen MR) is 81.4 cm³/mol. The topological polar surface area (TPSA) is 32.3 Å². The Labute approximate surface area is 113 Å². The average Bonchev–Trinajstić information content (AvgIpc) is 2.27. The van der Waals surface area contributed by atoms with Gasteiger partial charge in [0.05, 0.1) is 6.61 Å². The van der Waals surface area contributed by atoms with E-state index in [9.17, 15) is 5.11 Å². The van der Waals surface area contributed by atoms with Crippen LogP contribution in [0.1, 0.15) is 26.3 Å². The Balaban J connectivity index is 2.69. The lowest BCUT2D eigenvalue weighted by molar-refractivity contribution is 0.254. The Kier molecular flexibility index (Phi) is 5.14. The van der Waals surface area contributed by atoms with Gasteiger partial charge in [-0.3, -0.25) is 0 Å². The fourth-order valence-corrected chi connectivity index (χ4v) is 3.43. The number of hydrogen-bond acceptors (Lipinski definition) is 2. The van der Waals surface area contributed by atoms with Crippen molar-refractivity contribution < 1.29 is 5.11 Å². The second-order valence-electron chi connectivity index (χ2n) is 6.59. The maximum Gasteiger partial charge on any atom is 0.125 e. The minimum absolute atomic E-state index is 0.160. The van der Waals surface area contributed by atoms with Crippen molar-refractivity contribution in [3.05, 3.63) is 35.9 Å². The van der Waals surface area contributed by atoms with Crippen molar-refractivity contribution in [1.82, 2.24) is 4.98 Å². The highest BCUT2D eigenvalue weighted by Crippen LogP contribution is 2.34. The molecular formula is C15H27NOSi. The van der Waals surface area contributed by atoms with E-state index in [1.807, 2.05) is 6.07 Å². The summed E-state index contributed by atoms with van der Waals surface area (Å²) in [6.07, 6.45) is 0.893. The van der Waals surface area contributed by atoms with Gasteiger partial charge in [-0.25, -0.2) is 0 Å². The lowest BCUT2D eigenvalue weighted by Crippen LogP contribution is -2.57. The third-order valence-electron chi connectivity index (χ3n) is 3.99. The number of benzene rings is 1. The first-order valence-corrected chi connectivity index (χ1v) is 9.69. The summed E-state index contributed by atoms with van der Waals surface area (Å²) in [6, 6.07) is 10.5. The predicted octanol–water partition coefficient (Wildman–Crippen LogP) is 3.18. The zero-order chi connectivity index (χ0) is 13.8. The summed E-state index contributed by atoms with van der Waals surface area (Å²) in [7, 11) is -1.55. The molecule has 102 valence electrons. The Bertz CT molecular complexity index is 357. The minimum Gasteiger partial charge on any atom is -0.395 e. The fourth-order valence-electron chi connectivity index (χ4n) is 1.79. The lowest BCUT2D eigenvalue weighted by Gasteiger charge is -2.40. The molecule has 0 aliphatic carbocycles. The molecule has 0 spiro atoms. The number of rotatable bonds is 5. The number of aliphatic hydroxyl groups excluding tert-OH is 1. The quantitative estimate of drug-likeness (QED) is 0.801. The molecule has 0 aliphatic rings. The minimum atomic E-state index is -1.55. The van der Waals surface area contributed by atoms with Gasteiger partial charge in [-0.15, -0.1) is 0 Å². The van der Waals surface area contributed by atoms with Crippen LogP contribution < -0.4 is 4.98 Å². The van der Waals surface area contributed by atoms with Gasteiger partial charge < -0.3 is 10.1 Å². The molecule has 1 aromatic carbocycles. The molecule has 18 heavy (non-hydrogen) atoms. The third-order valence-corrected chi connectivity index (χ3v) is 8.87. The number of nitrogens with one attached hydrogen (secondary N) is 1. The molecule has 1 aromatic rings. The fraction of sp³-hybridized carbons (Fsp3) is 0.600. The Morgan fingerprint density at radius 3 is 2.17 bits per heavy atom.